The lowest BCUT2D eigenvalue weighted by atomic mass is 10.1. The third-order valence-corrected chi connectivity index (χ3v) is 2.83. The number of rotatable bonds is 5. The van der Waals surface area contributed by atoms with Crippen molar-refractivity contribution < 1.29 is 14.6 Å². The molecule has 0 unspecified atom stereocenters. The smallest absolute Gasteiger partial charge is 0.299 e. The van der Waals surface area contributed by atoms with Gasteiger partial charge in [-0.25, -0.2) is 0 Å². The summed E-state index contributed by atoms with van der Waals surface area (Å²) in [5.41, 5.74) is 3.81. The quantitative estimate of drug-likeness (QED) is 0.495. The molecule has 0 radical (unpaired) electrons. The number of nitrogens with two attached hydrogens (primary N) is 1. The van der Waals surface area contributed by atoms with Crippen LogP contribution >= 0.6 is 0 Å². The monoisotopic (exact) mass is 282 g/mol. The van der Waals surface area contributed by atoms with Gasteiger partial charge in [0.25, 0.3) is 17.3 Å². The number of non-ortho nitro benzene ring substituents is 1. The maximum absolute atomic E-state index is 12.2. The summed E-state index contributed by atoms with van der Waals surface area (Å²) in [4.78, 5) is 33.6. The second kappa shape index (κ2) is 5.95. The van der Waals surface area contributed by atoms with Crippen LogP contribution in [0.15, 0.2) is 12.1 Å². The van der Waals surface area contributed by atoms with E-state index in [1.54, 1.807) is 13.8 Å². The van der Waals surface area contributed by atoms with Gasteiger partial charge in [0, 0.05) is 19.2 Å². The normalized spacial score (nSPS) is 10.1. The minimum absolute atomic E-state index is 0.227. The minimum atomic E-state index is -0.846. The number of nitro groups is 2. The predicted molar refractivity (Wildman–Crippen MR) is 71.4 cm³/mol. The molecule has 0 spiro atoms. The van der Waals surface area contributed by atoms with E-state index in [0.29, 0.717) is 13.1 Å². The SMILES string of the molecule is CCN(CC)C(=O)c1cc([N+](=O)[O-])cc([N+](=O)[O-])c1N. The van der Waals surface area contributed by atoms with Crippen molar-refractivity contribution in [1.82, 2.24) is 4.90 Å². The van der Waals surface area contributed by atoms with Gasteiger partial charge >= 0.3 is 0 Å². The van der Waals surface area contributed by atoms with Crippen LogP contribution in [-0.2, 0) is 0 Å². The fourth-order valence-electron chi connectivity index (χ4n) is 1.74. The Bertz CT molecular complexity index is 568. The van der Waals surface area contributed by atoms with E-state index in [4.69, 9.17) is 5.73 Å². The van der Waals surface area contributed by atoms with Crippen LogP contribution in [0.1, 0.15) is 24.2 Å². The first kappa shape index (κ1) is 15.3. The van der Waals surface area contributed by atoms with Gasteiger partial charge in [-0.05, 0) is 13.8 Å². The molecule has 9 heteroatoms. The van der Waals surface area contributed by atoms with E-state index in [9.17, 15) is 25.0 Å². The van der Waals surface area contributed by atoms with Crippen LogP contribution in [0.25, 0.3) is 0 Å². The van der Waals surface area contributed by atoms with Crippen LogP contribution in [0.3, 0.4) is 0 Å². The number of nitrogens with zero attached hydrogens (tertiary/aromatic N) is 3. The third-order valence-electron chi connectivity index (χ3n) is 2.83. The second-order valence-corrected chi connectivity index (χ2v) is 3.92. The lowest BCUT2D eigenvalue weighted by Gasteiger charge is -2.19. The number of hydrogen-bond acceptors (Lipinski definition) is 6. The molecule has 0 heterocycles. The lowest BCUT2D eigenvalue weighted by Crippen LogP contribution is -2.31. The first-order valence-electron chi connectivity index (χ1n) is 5.85. The van der Waals surface area contributed by atoms with Gasteiger partial charge in [0.1, 0.15) is 5.69 Å². The summed E-state index contributed by atoms with van der Waals surface area (Å²) < 4.78 is 0. The molecule has 9 nitrogen and oxygen atoms in total. The maximum atomic E-state index is 12.2. The van der Waals surface area contributed by atoms with E-state index in [1.807, 2.05) is 0 Å². The first-order chi connectivity index (χ1) is 9.33. The fraction of sp³-hybridized carbons (Fsp3) is 0.364. The highest BCUT2D eigenvalue weighted by Crippen LogP contribution is 2.31. The number of anilines is 1. The summed E-state index contributed by atoms with van der Waals surface area (Å²) in [5, 5.41) is 21.6. The number of carbonyl (C=O) groups excluding carboxylic acids is 1. The Balaban J connectivity index is 3.48. The zero-order valence-electron chi connectivity index (χ0n) is 11.0. The molecule has 0 bridgehead atoms. The van der Waals surface area contributed by atoms with Gasteiger partial charge in [-0.15, -0.1) is 0 Å². The van der Waals surface area contributed by atoms with Crippen molar-refractivity contribution in [1.29, 1.82) is 0 Å². The molecule has 1 rings (SSSR count). The topological polar surface area (TPSA) is 133 Å². The summed E-state index contributed by atoms with van der Waals surface area (Å²) in [6.07, 6.45) is 0. The Morgan fingerprint density at radius 3 is 2.15 bits per heavy atom. The molecule has 0 aliphatic carbocycles. The van der Waals surface area contributed by atoms with E-state index < -0.39 is 27.1 Å². The van der Waals surface area contributed by atoms with Crippen LogP contribution in [0.5, 0.6) is 0 Å². The fourth-order valence-corrected chi connectivity index (χ4v) is 1.74. The van der Waals surface area contributed by atoms with Crippen LogP contribution in [0.2, 0.25) is 0 Å². The van der Waals surface area contributed by atoms with Crippen molar-refractivity contribution in [2.24, 2.45) is 0 Å². The molecule has 0 saturated heterocycles. The van der Waals surface area contributed by atoms with Gasteiger partial charge < -0.3 is 10.6 Å². The highest BCUT2D eigenvalue weighted by atomic mass is 16.6. The average Bonchev–Trinajstić information content (AvgIpc) is 2.39. The molecule has 0 atom stereocenters. The van der Waals surface area contributed by atoms with Gasteiger partial charge in [-0.3, -0.25) is 25.0 Å². The van der Waals surface area contributed by atoms with Crippen LogP contribution in [0.4, 0.5) is 17.1 Å². The van der Waals surface area contributed by atoms with Gasteiger partial charge in [-0.1, -0.05) is 0 Å². The molecule has 0 aromatic heterocycles. The minimum Gasteiger partial charge on any atom is -0.392 e. The molecule has 0 aliphatic rings. The van der Waals surface area contributed by atoms with Crippen LogP contribution < -0.4 is 5.73 Å². The molecular weight excluding hydrogens is 268 g/mol. The standard InChI is InChI=1S/C11H14N4O5/c1-3-13(4-2)11(16)8-5-7(14(17)18)6-9(10(8)12)15(19)20/h5-6H,3-4,12H2,1-2H3. The van der Waals surface area contributed by atoms with Crippen molar-refractivity contribution in [2.45, 2.75) is 13.8 Å². The third kappa shape index (κ3) is 2.82. The van der Waals surface area contributed by atoms with E-state index in [0.717, 1.165) is 12.1 Å². The summed E-state index contributed by atoms with van der Waals surface area (Å²) in [6.45, 7) is 4.18. The highest BCUT2D eigenvalue weighted by Gasteiger charge is 2.27. The van der Waals surface area contributed by atoms with Crippen LogP contribution in [0, 0.1) is 20.2 Å². The Kier molecular flexibility index (Phi) is 4.57. The van der Waals surface area contributed by atoms with Gasteiger partial charge in [0.15, 0.2) is 0 Å². The molecule has 2 N–H and O–H groups in total. The van der Waals surface area contributed by atoms with Gasteiger partial charge in [-0.2, -0.15) is 0 Å². The Hall–Kier alpha value is -2.71. The van der Waals surface area contributed by atoms with E-state index in [1.165, 1.54) is 4.90 Å². The second-order valence-electron chi connectivity index (χ2n) is 3.92. The summed E-state index contributed by atoms with van der Waals surface area (Å²) in [7, 11) is 0. The molecule has 20 heavy (non-hydrogen) atoms. The Morgan fingerprint density at radius 1 is 1.20 bits per heavy atom. The number of nitrogen functional groups attached to an aromatic ring is 1. The van der Waals surface area contributed by atoms with Gasteiger partial charge in [0.2, 0.25) is 0 Å². The van der Waals surface area contributed by atoms with Gasteiger partial charge in [0.05, 0.1) is 21.5 Å². The Labute approximate surface area is 114 Å². The number of hydrogen-bond donors (Lipinski definition) is 1. The molecule has 0 aliphatic heterocycles. The van der Waals surface area contributed by atoms with Crippen molar-refractivity contribution in [3.05, 3.63) is 37.9 Å². The summed E-state index contributed by atoms with van der Waals surface area (Å²) in [6, 6.07) is 1.71. The van der Waals surface area contributed by atoms with Crippen LogP contribution in [-0.4, -0.2) is 33.7 Å². The molecule has 1 aromatic carbocycles. The zero-order chi connectivity index (χ0) is 15.4. The van der Waals surface area contributed by atoms with E-state index in [2.05, 4.69) is 0 Å². The highest BCUT2D eigenvalue weighted by molar-refractivity contribution is 6.01. The van der Waals surface area contributed by atoms with Crippen molar-refractivity contribution in [3.63, 3.8) is 0 Å². The maximum Gasteiger partial charge on any atom is 0.299 e. The molecule has 0 saturated carbocycles. The number of amides is 1. The van der Waals surface area contributed by atoms with Crippen molar-refractivity contribution in [2.75, 3.05) is 18.8 Å². The zero-order valence-corrected chi connectivity index (χ0v) is 11.0. The molecule has 1 amide bonds. The number of carbonyl (C=O) groups is 1. The molecular formula is C11H14N4O5. The summed E-state index contributed by atoms with van der Waals surface area (Å²) in [5.74, 6) is -0.570. The lowest BCUT2D eigenvalue weighted by molar-refractivity contribution is -0.393. The van der Waals surface area contributed by atoms with Crippen molar-refractivity contribution in [3.8, 4) is 0 Å². The Morgan fingerprint density at radius 2 is 1.75 bits per heavy atom. The molecule has 0 fully saturated rings. The molecule has 1 aromatic rings. The largest absolute Gasteiger partial charge is 0.392 e. The van der Waals surface area contributed by atoms with E-state index >= 15 is 0 Å². The first-order valence-corrected chi connectivity index (χ1v) is 5.85. The average molecular weight is 282 g/mol. The predicted octanol–water partition coefficient (Wildman–Crippen LogP) is 1.57. The molecule has 108 valence electrons. The number of benzene rings is 1. The summed E-state index contributed by atoms with van der Waals surface area (Å²) >= 11 is 0. The van der Waals surface area contributed by atoms with E-state index in [-0.39, 0.29) is 11.3 Å². The number of nitro benzene ring substituents is 2. The van der Waals surface area contributed by atoms with Crippen molar-refractivity contribution >= 4 is 23.0 Å².